The van der Waals surface area contributed by atoms with Crippen LogP contribution in [0.2, 0.25) is 10.0 Å². The number of aromatic nitrogens is 1. The standard InChI is InChI=1S/C17H12Cl2N2O2/c1-8(22)12-7-21-15-3-2-9(4-11(15)16(12)20)10-5-13(18)17(23)14(19)6-10/h2-7,23H,1H3,(H2,20,21). The molecular formula is C17H12Cl2N2O2. The summed E-state index contributed by atoms with van der Waals surface area (Å²) in [6.07, 6.45) is 1.48. The van der Waals surface area contributed by atoms with Gasteiger partial charge in [0, 0.05) is 11.6 Å². The van der Waals surface area contributed by atoms with Crippen LogP contribution in [-0.4, -0.2) is 15.9 Å². The maximum atomic E-state index is 11.6. The van der Waals surface area contributed by atoms with E-state index in [-0.39, 0.29) is 21.6 Å². The quantitative estimate of drug-likeness (QED) is 0.659. The number of benzene rings is 2. The summed E-state index contributed by atoms with van der Waals surface area (Å²) < 4.78 is 0. The maximum absolute atomic E-state index is 11.6. The second-order valence-electron chi connectivity index (χ2n) is 5.16. The Balaban J connectivity index is 2.24. The van der Waals surface area contributed by atoms with Gasteiger partial charge in [-0.25, -0.2) is 0 Å². The third-order valence-electron chi connectivity index (χ3n) is 3.64. The number of nitrogens with two attached hydrogens (primary N) is 1. The Bertz CT molecular complexity index is 932. The molecule has 0 bridgehead atoms. The molecule has 4 nitrogen and oxygen atoms in total. The smallest absolute Gasteiger partial charge is 0.163 e. The van der Waals surface area contributed by atoms with E-state index in [9.17, 15) is 9.90 Å². The van der Waals surface area contributed by atoms with Crippen LogP contribution in [0.5, 0.6) is 5.75 Å². The second kappa shape index (κ2) is 5.72. The fraction of sp³-hybridized carbons (Fsp3) is 0.0588. The van der Waals surface area contributed by atoms with Gasteiger partial charge in [-0.15, -0.1) is 0 Å². The molecule has 116 valence electrons. The molecule has 0 aliphatic carbocycles. The van der Waals surface area contributed by atoms with Crippen LogP contribution in [0.15, 0.2) is 36.5 Å². The van der Waals surface area contributed by atoms with Crippen LogP contribution in [0.25, 0.3) is 22.0 Å². The Morgan fingerprint density at radius 2 is 1.78 bits per heavy atom. The number of halogens is 2. The first-order valence-corrected chi connectivity index (χ1v) is 7.51. The lowest BCUT2D eigenvalue weighted by atomic mass is 10.0. The predicted molar refractivity (Wildman–Crippen MR) is 93.3 cm³/mol. The van der Waals surface area contributed by atoms with E-state index < -0.39 is 0 Å². The van der Waals surface area contributed by atoms with E-state index in [1.165, 1.54) is 13.1 Å². The first kappa shape index (κ1) is 15.6. The lowest BCUT2D eigenvalue weighted by molar-refractivity contribution is 0.101. The van der Waals surface area contributed by atoms with Crippen molar-refractivity contribution in [2.24, 2.45) is 0 Å². The highest BCUT2D eigenvalue weighted by atomic mass is 35.5. The molecule has 3 aromatic rings. The Morgan fingerprint density at radius 1 is 1.13 bits per heavy atom. The van der Waals surface area contributed by atoms with Gasteiger partial charge in [-0.2, -0.15) is 0 Å². The van der Waals surface area contributed by atoms with Crippen molar-refractivity contribution in [1.29, 1.82) is 0 Å². The molecule has 0 fully saturated rings. The van der Waals surface area contributed by atoms with Crippen molar-refractivity contribution in [2.45, 2.75) is 6.92 Å². The minimum absolute atomic E-state index is 0.141. The molecule has 0 aliphatic heterocycles. The number of hydrogen-bond donors (Lipinski definition) is 2. The summed E-state index contributed by atoms with van der Waals surface area (Å²) in [6, 6.07) is 8.70. The van der Waals surface area contributed by atoms with E-state index >= 15 is 0 Å². The van der Waals surface area contributed by atoms with Crippen LogP contribution in [0, 0.1) is 0 Å². The van der Waals surface area contributed by atoms with Gasteiger partial charge >= 0.3 is 0 Å². The summed E-state index contributed by atoms with van der Waals surface area (Å²) in [5.41, 5.74) is 9.09. The highest BCUT2D eigenvalue weighted by molar-refractivity contribution is 6.37. The molecule has 23 heavy (non-hydrogen) atoms. The molecule has 0 saturated heterocycles. The molecule has 0 atom stereocenters. The number of phenolic OH excluding ortho intramolecular Hbond substituents is 1. The van der Waals surface area contributed by atoms with E-state index in [1.807, 2.05) is 12.1 Å². The van der Waals surface area contributed by atoms with Crippen LogP contribution in [0.4, 0.5) is 5.69 Å². The molecule has 1 aromatic heterocycles. The molecule has 0 unspecified atom stereocenters. The average Bonchev–Trinajstić information content (AvgIpc) is 2.52. The maximum Gasteiger partial charge on any atom is 0.163 e. The molecule has 0 saturated carbocycles. The SMILES string of the molecule is CC(=O)c1cnc2ccc(-c3cc(Cl)c(O)c(Cl)c3)cc2c1N. The Labute approximate surface area is 142 Å². The summed E-state index contributed by atoms with van der Waals surface area (Å²) in [4.78, 5) is 15.9. The number of carbonyl (C=O) groups is 1. The van der Waals surface area contributed by atoms with Crippen molar-refractivity contribution in [3.05, 3.63) is 52.1 Å². The fourth-order valence-electron chi connectivity index (χ4n) is 2.41. The Hall–Kier alpha value is -2.30. The summed E-state index contributed by atoms with van der Waals surface area (Å²) in [7, 11) is 0. The zero-order valence-electron chi connectivity index (χ0n) is 12.1. The first-order valence-electron chi connectivity index (χ1n) is 6.76. The molecule has 0 spiro atoms. The van der Waals surface area contributed by atoms with E-state index in [0.29, 0.717) is 22.2 Å². The van der Waals surface area contributed by atoms with Gasteiger partial charge in [-0.05, 0) is 42.3 Å². The lowest BCUT2D eigenvalue weighted by Crippen LogP contribution is -2.01. The number of phenols is 1. The van der Waals surface area contributed by atoms with E-state index in [0.717, 1.165) is 11.1 Å². The number of carbonyl (C=O) groups excluding carboxylic acids is 1. The topological polar surface area (TPSA) is 76.2 Å². The minimum atomic E-state index is -0.155. The number of ketones is 1. The third kappa shape index (κ3) is 2.71. The van der Waals surface area contributed by atoms with Crippen LogP contribution in [0.3, 0.4) is 0 Å². The van der Waals surface area contributed by atoms with Gasteiger partial charge in [0.2, 0.25) is 0 Å². The predicted octanol–water partition coefficient (Wildman–Crippen LogP) is 4.70. The van der Waals surface area contributed by atoms with Gasteiger partial charge < -0.3 is 10.8 Å². The molecule has 6 heteroatoms. The number of anilines is 1. The Morgan fingerprint density at radius 3 is 2.39 bits per heavy atom. The fourth-order valence-corrected chi connectivity index (χ4v) is 2.89. The largest absolute Gasteiger partial charge is 0.505 e. The number of hydrogen-bond acceptors (Lipinski definition) is 4. The van der Waals surface area contributed by atoms with Gasteiger partial charge in [0.05, 0.1) is 26.8 Å². The van der Waals surface area contributed by atoms with Gasteiger partial charge in [0.25, 0.3) is 0 Å². The molecule has 0 aliphatic rings. The van der Waals surface area contributed by atoms with Gasteiger partial charge in [-0.3, -0.25) is 9.78 Å². The second-order valence-corrected chi connectivity index (χ2v) is 5.98. The highest BCUT2D eigenvalue weighted by Crippen LogP contribution is 2.37. The normalized spacial score (nSPS) is 10.9. The van der Waals surface area contributed by atoms with Gasteiger partial charge in [0.15, 0.2) is 11.5 Å². The van der Waals surface area contributed by atoms with Crippen molar-refractivity contribution in [2.75, 3.05) is 5.73 Å². The number of pyridine rings is 1. The minimum Gasteiger partial charge on any atom is -0.505 e. The first-order chi connectivity index (χ1) is 10.9. The van der Waals surface area contributed by atoms with Crippen molar-refractivity contribution in [3.8, 4) is 16.9 Å². The number of fused-ring (bicyclic) bond motifs is 1. The molecule has 2 aromatic carbocycles. The molecule has 0 radical (unpaired) electrons. The third-order valence-corrected chi connectivity index (χ3v) is 4.22. The summed E-state index contributed by atoms with van der Waals surface area (Å²) in [5.74, 6) is -0.295. The van der Waals surface area contributed by atoms with Crippen molar-refractivity contribution in [3.63, 3.8) is 0 Å². The average molecular weight is 347 g/mol. The zero-order valence-corrected chi connectivity index (χ0v) is 13.6. The number of rotatable bonds is 2. The van der Waals surface area contributed by atoms with Crippen molar-refractivity contribution < 1.29 is 9.90 Å². The summed E-state index contributed by atoms with van der Waals surface area (Å²) in [5, 5.41) is 10.7. The van der Waals surface area contributed by atoms with Crippen molar-refractivity contribution in [1.82, 2.24) is 4.98 Å². The lowest BCUT2D eigenvalue weighted by Gasteiger charge is -2.10. The van der Waals surface area contributed by atoms with Crippen LogP contribution >= 0.6 is 23.2 Å². The molecule has 3 rings (SSSR count). The van der Waals surface area contributed by atoms with Gasteiger partial charge in [-0.1, -0.05) is 29.3 Å². The zero-order chi connectivity index (χ0) is 16.7. The summed E-state index contributed by atoms with van der Waals surface area (Å²) in [6.45, 7) is 1.45. The van der Waals surface area contributed by atoms with E-state index in [2.05, 4.69) is 4.98 Å². The highest BCUT2D eigenvalue weighted by Gasteiger charge is 2.12. The monoisotopic (exact) mass is 346 g/mol. The number of Topliss-reactive ketones (excluding diaryl/α,β-unsaturated/α-hetero) is 1. The molecular weight excluding hydrogens is 335 g/mol. The van der Waals surface area contributed by atoms with Crippen molar-refractivity contribution >= 4 is 45.6 Å². The number of nitrogens with zero attached hydrogens (tertiary/aromatic N) is 1. The van der Waals surface area contributed by atoms with E-state index in [4.69, 9.17) is 28.9 Å². The molecule has 3 N–H and O–H groups in total. The van der Waals surface area contributed by atoms with Crippen LogP contribution < -0.4 is 5.73 Å². The number of aromatic hydroxyl groups is 1. The molecule has 1 heterocycles. The van der Waals surface area contributed by atoms with Crippen LogP contribution in [0.1, 0.15) is 17.3 Å². The Kier molecular flexibility index (Phi) is 3.88. The molecule has 0 amide bonds. The summed E-state index contributed by atoms with van der Waals surface area (Å²) >= 11 is 11.9. The van der Waals surface area contributed by atoms with Gasteiger partial charge in [0.1, 0.15) is 0 Å². The number of nitrogen functional groups attached to an aromatic ring is 1. The van der Waals surface area contributed by atoms with Crippen LogP contribution in [-0.2, 0) is 0 Å². The van der Waals surface area contributed by atoms with E-state index in [1.54, 1.807) is 18.2 Å².